The Morgan fingerprint density at radius 3 is 2.40 bits per heavy atom. The summed E-state index contributed by atoms with van der Waals surface area (Å²) in [6.45, 7) is 3.60. The molecule has 2 unspecified atom stereocenters. The Labute approximate surface area is 255 Å². The molecule has 0 aliphatic carbocycles. The zero-order chi connectivity index (χ0) is 30.1. The predicted molar refractivity (Wildman–Crippen MR) is 168 cm³/mol. The average Bonchev–Trinajstić information content (AvgIpc) is 2.97. The summed E-state index contributed by atoms with van der Waals surface area (Å²) in [6, 6.07) is 21.4. The van der Waals surface area contributed by atoms with Gasteiger partial charge < -0.3 is 14.3 Å². The topological polar surface area (TPSA) is 108 Å². The number of thiol groups is 1. The van der Waals surface area contributed by atoms with Crippen LogP contribution in [0.25, 0.3) is 0 Å². The van der Waals surface area contributed by atoms with Crippen LogP contribution in [0.3, 0.4) is 0 Å². The van der Waals surface area contributed by atoms with Crippen molar-refractivity contribution in [2.45, 2.75) is 51.6 Å². The minimum Gasteiger partial charge on any atom is -0.426 e. The molecule has 0 spiro atoms. The van der Waals surface area contributed by atoms with E-state index in [-0.39, 0.29) is 12.8 Å². The highest BCUT2D eigenvalue weighted by Gasteiger charge is 2.26. The smallest absolute Gasteiger partial charge is 0.343 e. The summed E-state index contributed by atoms with van der Waals surface area (Å²) in [4.78, 5) is 40.6. The van der Waals surface area contributed by atoms with Crippen molar-refractivity contribution in [3.8, 4) is 11.5 Å². The quantitative estimate of drug-likeness (QED) is 0.0633. The van der Waals surface area contributed by atoms with E-state index in [1.165, 1.54) is 6.42 Å². The van der Waals surface area contributed by atoms with Crippen LogP contribution in [0, 0.1) is 10.1 Å². The Balaban J connectivity index is 1.41. The van der Waals surface area contributed by atoms with Crippen LogP contribution in [-0.2, 0) is 27.9 Å². The van der Waals surface area contributed by atoms with Crippen LogP contribution in [0.15, 0.2) is 72.8 Å². The first-order valence-corrected chi connectivity index (χ1v) is 17.7. The molecule has 0 aromatic heterocycles. The molecule has 222 valence electrons. The summed E-state index contributed by atoms with van der Waals surface area (Å²) >= 11 is 10.8. The van der Waals surface area contributed by atoms with Gasteiger partial charge in [-0.05, 0) is 79.3 Å². The molecule has 3 aromatic carbocycles. The van der Waals surface area contributed by atoms with Gasteiger partial charge in [-0.25, -0.2) is 4.79 Å². The summed E-state index contributed by atoms with van der Waals surface area (Å²) in [5.41, 5.74) is 1.96. The molecule has 0 saturated carbocycles. The van der Waals surface area contributed by atoms with E-state index in [1.807, 2.05) is 30.3 Å². The Kier molecular flexibility index (Phi) is 11.2. The summed E-state index contributed by atoms with van der Waals surface area (Å²) in [6.07, 6.45) is 3.02. The number of carbonyl (C=O) groups is 2. The first kappa shape index (κ1) is 31.7. The van der Waals surface area contributed by atoms with Crippen molar-refractivity contribution in [1.82, 2.24) is 4.67 Å². The van der Waals surface area contributed by atoms with E-state index in [9.17, 15) is 19.7 Å². The van der Waals surface area contributed by atoms with Gasteiger partial charge in [0.25, 0.3) is 5.09 Å². The number of piperidine rings is 1. The molecule has 0 bridgehead atoms. The molecule has 1 fully saturated rings. The lowest BCUT2D eigenvalue weighted by Crippen LogP contribution is -2.28. The zero-order valence-corrected chi connectivity index (χ0v) is 25.8. The standard InChI is InChI=1S/C30H33N2O7PS2/c1-2-24(39-32(35)36)21-29(33)37-26-11-8-9-22(20-26)19-23-10-4-5-12-28(23)30(34)38-25-13-15-27(16-14-25)40(41,42)31-17-6-3-7-18-31/h4-5,8-16,20,24H,2-3,6-7,17-19,21H2,1H3,(H,41,42). The van der Waals surface area contributed by atoms with Gasteiger partial charge in [-0.3, -0.25) is 9.46 Å². The Hall–Kier alpha value is -3.24. The molecule has 1 saturated heterocycles. The fourth-order valence-electron chi connectivity index (χ4n) is 4.73. The number of rotatable bonds is 12. The summed E-state index contributed by atoms with van der Waals surface area (Å²) in [7, 11) is 0. The molecular weight excluding hydrogens is 595 g/mol. The van der Waals surface area contributed by atoms with Crippen LogP contribution < -0.4 is 14.8 Å². The van der Waals surface area contributed by atoms with E-state index >= 15 is 0 Å². The minimum absolute atomic E-state index is 0.251. The minimum atomic E-state index is -2.15. The lowest BCUT2D eigenvalue weighted by Gasteiger charge is -2.34. The van der Waals surface area contributed by atoms with Gasteiger partial charge in [0.1, 0.15) is 17.6 Å². The van der Waals surface area contributed by atoms with Gasteiger partial charge in [0.15, 0.2) is 0 Å². The zero-order valence-electron chi connectivity index (χ0n) is 23.2. The average molecular weight is 629 g/mol. The molecule has 12 heteroatoms. The van der Waals surface area contributed by atoms with Gasteiger partial charge in [0, 0.05) is 18.4 Å². The highest BCUT2D eigenvalue weighted by Crippen LogP contribution is 2.54. The number of nitrogens with zero attached hydrogens (tertiary/aromatic N) is 2. The van der Waals surface area contributed by atoms with Crippen LogP contribution in [0.5, 0.6) is 11.5 Å². The second-order valence-corrected chi connectivity index (χ2v) is 16.3. The highest BCUT2D eigenvalue weighted by molar-refractivity contribution is 8.65. The van der Waals surface area contributed by atoms with Crippen LogP contribution in [0.2, 0.25) is 0 Å². The lowest BCUT2D eigenvalue weighted by molar-refractivity contribution is -0.768. The monoisotopic (exact) mass is 628 g/mol. The van der Waals surface area contributed by atoms with E-state index in [0.29, 0.717) is 23.5 Å². The number of ether oxygens (including phenoxy) is 2. The maximum Gasteiger partial charge on any atom is 0.343 e. The van der Waals surface area contributed by atoms with Crippen LogP contribution >= 0.6 is 17.6 Å². The number of carbonyl (C=O) groups excluding carboxylic acids is 2. The second kappa shape index (κ2) is 14.8. The maximum atomic E-state index is 13.2. The molecule has 0 radical (unpaired) electrons. The van der Waals surface area contributed by atoms with Crippen molar-refractivity contribution in [1.29, 1.82) is 0 Å². The molecular formula is C30H33N2O7PS2. The number of benzene rings is 3. The SMILES string of the molecule is CCC(CC(=O)Oc1cccc(Cc2ccccc2C(=O)Oc2ccc(P(=S)(S)N3CCCCC3)cc2)c1)O[N+](=O)[O-]. The maximum absolute atomic E-state index is 13.2. The Bertz CT molecular complexity index is 1460. The number of hydrogen-bond donors (Lipinski definition) is 1. The van der Waals surface area contributed by atoms with Gasteiger partial charge in [0.2, 0.25) is 0 Å². The molecule has 42 heavy (non-hydrogen) atoms. The van der Waals surface area contributed by atoms with Crippen molar-refractivity contribution in [2.24, 2.45) is 0 Å². The molecule has 3 aromatic rings. The third-order valence-electron chi connectivity index (χ3n) is 6.95. The van der Waals surface area contributed by atoms with Crippen molar-refractivity contribution in [2.75, 3.05) is 13.1 Å². The first-order valence-electron chi connectivity index (χ1n) is 13.8. The molecule has 9 nitrogen and oxygen atoms in total. The normalized spacial score (nSPS) is 15.7. The van der Waals surface area contributed by atoms with E-state index in [4.69, 9.17) is 33.5 Å². The fourth-order valence-corrected chi connectivity index (χ4v) is 8.21. The number of hydrogen-bond acceptors (Lipinski definition) is 8. The summed E-state index contributed by atoms with van der Waals surface area (Å²) < 4.78 is 13.4. The Morgan fingerprint density at radius 1 is 1.00 bits per heavy atom. The summed E-state index contributed by atoms with van der Waals surface area (Å²) in [5.74, 6) is -0.414. The van der Waals surface area contributed by atoms with Crippen molar-refractivity contribution in [3.63, 3.8) is 0 Å². The van der Waals surface area contributed by atoms with E-state index < -0.39 is 28.5 Å². The third-order valence-corrected chi connectivity index (χ3v) is 11.9. The lowest BCUT2D eigenvalue weighted by atomic mass is 9.99. The van der Waals surface area contributed by atoms with Crippen molar-refractivity contribution >= 4 is 46.7 Å². The molecule has 1 aliphatic rings. The van der Waals surface area contributed by atoms with E-state index in [2.05, 4.69) is 9.51 Å². The van der Waals surface area contributed by atoms with E-state index in [1.54, 1.807) is 49.4 Å². The van der Waals surface area contributed by atoms with Gasteiger partial charge in [-0.1, -0.05) is 55.5 Å². The molecule has 1 aliphatic heterocycles. The predicted octanol–water partition coefficient (Wildman–Crippen LogP) is 6.13. The van der Waals surface area contributed by atoms with Gasteiger partial charge in [-0.2, -0.15) is 0 Å². The van der Waals surface area contributed by atoms with Gasteiger partial charge in [-0.15, -0.1) is 22.4 Å². The fraction of sp³-hybridized carbons (Fsp3) is 0.333. The molecule has 0 N–H and O–H groups in total. The third kappa shape index (κ3) is 8.64. The Morgan fingerprint density at radius 2 is 1.71 bits per heavy atom. The summed E-state index contributed by atoms with van der Waals surface area (Å²) in [5, 5.41) is 8.51. The van der Waals surface area contributed by atoms with Crippen LogP contribution in [0.1, 0.15) is 60.5 Å². The van der Waals surface area contributed by atoms with Crippen molar-refractivity contribution in [3.05, 3.63) is 99.6 Å². The second-order valence-electron chi connectivity index (χ2n) is 9.96. The number of esters is 2. The van der Waals surface area contributed by atoms with Gasteiger partial charge in [0.05, 0.1) is 17.4 Å². The highest BCUT2D eigenvalue weighted by atomic mass is 32.9. The van der Waals surface area contributed by atoms with Crippen molar-refractivity contribution < 1.29 is 29.0 Å². The van der Waals surface area contributed by atoms with Crippen LogP contribution in [-0.4, -0.2) is 40.9 Å². The molecule has 1 heterocycles. The molecule has 2 atom stereocenters. The first-order chi connectivity index (χ1) is 20.2. The van der Waals surface area contributed by atoms with Gasteiger partial charge >= 0.3 is 11.9 Å². The van der Waals surface area contributed by atoms with E-state index in [0.717, 1.165) is 42.4 Å². The largest absolute Gasteiger partial charge is 0.426 e. The molecule has 0 amide bonds. The molecule has 4 rings (SSSR count). The van der Waals surface area contributed by atoms with Crippen LogP contribution in [0.4, 0.5) is 0 Å².